The Labute approximate surface area is 200 Å². The number of carbonyl (C=O) groups is 2. The van der Waals surface area contributed by atoms with Gasteiger partial charge in [0.2, 0.25) is 5.91 Å². The number of nitrogens with zero attached hydrogens (tertiary/aromatic N) is 1. The predicted octanol–water partition coefficient (Wildman–Crippen LogP) is 4.98. The molecule has 0 fully saturated rings. The van der Waals surface area contributed by atoms with Crippen molar-refractivity contribution in [3.63, 3.8) is 0 Å². The van der Waals surface area contributed by atoms with Crippen molar-refractivity contribution in [3.8, 4) is 11.5 Å². The smallest absolute Gasteiger partial charge is 0.269 e. The number of thioether (sulfide) groups is 1. The van der Waals surface area contributed by atoms with Gasteiger partial charge in [0.05, 0.1) is 30.1 Å². The van der Waals surface area contributed by atoms with Gasteiger partial charge in [0.1, 0.15) is 11.5 Å². The minimum absolute atomic E-state index is 0.0891. The minimum Gasteiger partial charge on any atom is -0.497 e. The third-order valence-electron chi connectivity index (χ3n) is 4.78. The molecule has 0 bridgehead atoms. The van der Waals surface area contributed by atoms with Crippen LogP contribution < -0.4 is 20.1 Å². The normalized spacial score (nSPS) is 11.3. The third-order valence-corrected chi connectivity index (χ3v) is 5.87. The monoisotopic (exact) mass is 481 g/mol. The topological polar surface area (TPSA) is 120 Å². The van der Waals surface area contributed by atoms with Crippen molar-refractivity contribution in [1.29, 1.82) is 0 Å². The molecule has 9 nitrogen and oxygen atoms in total. The predicted molar refractivity (Wildman–Crippen MR) is 131 cm³/mol. The van der Waals surface area contributed by atoms with Crippen molar-refractivity contribution < 1.29 is 24.0 Å². The highest BCUT2D eigenvalue weighted by molar-refractivity contribution is 8.00. The van der Waals surface area contributed by atoms with E-state index >= 15 is 0 Å². The molecule has 0 spiro atoms. The molecule has 0 aromatic heterocycles. The number of benzene rings is 3. The summed E-state index contributed by atoms with van der Waals surface area (Å²) in [6, 6.07) is 17.6. The van der Waals surface area contributed by atoms with Crippen LogP contribution in [0.25, 0.3) is 0 Å². The Bertz CT molecular complexity index is 1200. The van der Waals surface area contributed by atoms with Crippen LogP contribution in [0.1, 0.15) is 17.3 Å². The number of amides is 2. The molecule has 3 aromatic carbocycles. The van der Waals surface area contributed by atoms with Crippen molar-refractivity contribution in [3.05, 3.63) is 82.4 Å². The molecular weight excluding hydrogens is 458 g/mol. The molecule has 2 N–H and O–H groups in total. The van der Waals surface area contributed by atoms with E-state index < -0.39 is 16.1 Å². The fraction of sp³-hybridized carbons (Fsp3) is 0.167. The van der Waals surface area contributed by atoms with Gasteiger partial charge in [-0.25, -0.2) is 0 Å². The van der Waals surface area contributed by atoms with Crippen molar-refractivity contribution in [1.82, 2.24) is 0 Å². The second-order valence-electron chi connectivity index (χ2n) is 7.10. The Morgan fingerprint density at radius 1 is 0.971 bits per heavy atom. The van der Waals surface area contributed by atoms with E-state index in [1.807, 2.05) is 6.07 Å². The summed E-state index contributed by atoms with van der Waals surface area (Å²) >= 11 is 1.33. The Kier molecular flexibility index (Phi) is 8.10. The second kappa shape index (κ2) is 11.2. The van der Waals surface area contributed by atoms with E-state index in [1.165, 1.54) is 43.1 Å². The highest BCUT2D eigenvalue weighted by Gasteiger charge is 2.18. The molecule has 34 heavy (non-hydrogen) atoms. The first-order chi connectivity index (χ1) is 16.3. The molecule has 0 radical (unpaired) electrons. The second-order valence-corrected chi connectivity index (χ2v) is 8.52. The van der Waals surface area contributed by atoms with Crippen LogP contribution in [-0.4, -0.2) is 36.2 Å². The zero-order chi connectivity index (χ0) is 24.7. The number of hydrogen-bond acceptors (Lipinski definition) is 7. The van der Waals surface area contributed by atoms with E-state index in [1.54, 1.807) is 50.4 Å². The maximum atomic E-state index is 12.8. The van der Waals surface area contributed by atoms with Crippen molar-refractivity contribution in [2.45, 2.75) is 17.1 Å². The van der Waals surface area contributed by atoms with Gasteiger partial charge in [0, 0.05) is 34.3 Å². The molecule has 2 amide bonds. The fourth-order valence-electron chi connectivity index (χ4n) is 2.99. The maximum absolute atomic E-state index is 12.8. The number of hydrogen-bond donors (Lipinski definition) is 2. The van der Waals surface area contributed by atoms with Crippen LogP contribution in [0, 0.1) is 10.1 Å². The quantitative estimate of drug-likeness (QED) is 0.251. The largest absolute Gasteiger partial charge is 0.497 e. The molecule has 3 rings (SSSR count). The molecule has 10 heteroatoms. The molecule has 1 atom stereocenters. The summed E-state index contributed by atoms with van der Waals surface area (Å²) in [5.41, 5.74) is 1.25. The average Bonchev–Trinajstić information content (AvgIpc) is 2.84. The van der Waals surface area contributed by atoms with Crippen molar-refractivity contribution in [2.75, 3.05) is 24.9 Å². The summed E-state index contributed by atoms with van der Waals surface area (Å²) in [7, 11) is 3.06. The van der Waals surface area contributed by atoms with E-state index in [0.29, 0.717) is 28.4 Å². The molecule has 0 saturated heterocycles. The van der Waals surface area contributed by atoms with Gasteiger partial charge in [0.15, 0.2) is 0 Å². The first-order valence-electron chi connectivity index (χ1n) is 10.2. The van der Waals surface area contributed by atoms with Gasteiger partial charge in [-0.05, 0) is 49.4 Å². The number of non-ortho nitro benzene ring substituents is 1. The Hall–Kier alpha value is -4.05. The lowest BCUT2D eigenvalue weighted by molar-refractivity contribution is -0.384. The molecule has 1 unspecified atom stereocenters. The number of ether oxygens (including phenoxy) is 2. The first-order valence-corrected chi connectivity index (χ1v) is 11.0. The van der Waals surface area contributed by atoms with Crippen LogP contribution in [0.4, 0.5) is 17.1 Å². The minimum atomic E-state index is -0.524. The first kappa shape index (κ1) is 24.6. The number of nitro benzene ring substituents is 1. The summed E-state index contributed by atoms with van der Waals surface area (Å²) in [6.07, 6.45) is 0. The Morgan fingerprint density at radius 3 is 2.35 bits per heavy atom. The Balaban J connectivity index is 1.65. The number of nitrogens with one attached hydrogen (secondary N) is 2. The van der Waals surface area contributed by atoms with E-state index in [9.17, 15) is 19.7 Å². The average molecular weight is 482 g/mol. The lowest BCUT2D eigenvalue weighted by Crippen LogP contribution is -2.22. The standard InChI is InChI=1S/C24H23N3O6S/c1-15(23(28)26-21-14-19(32-2)11-12-22(21)33-3)34-20-6-4-5-17(13-20)25-24(29)16-7-9-18(10-8-16)27(30)31/h4-15H,1-3H3,(H,25,29)(H,26,28). The van der Waals surface area contributed by atoms with Gasteiger partial charge in [-0.3, -0.25) is 19.7 Å². The zero-order valence-corrected chi connectivity index (χ0v) is 19.5. The SMILES string of the molecule is COc1ccc(OC)c(NC(=O)C(C)Sc2cccc(NC(=O)c3ccc([N+](=O)[O-])cc3)c2)c1. The van der Waals surface area contributed by atoms with E-state index in [2.05, 4.69) is 10.6 Å². The summed E-state index contributed by atoms with van der Waals surface area (Å²) < 4.78 is 10.5. The zero-order valence-electron chi connectivity index (χ0n) is 18.7. The van der Waals surface area contributed by atoms with Crippen LogP contribution in [0.15, 0.2) is 71.6 Å². The molecule has 3 aromatic rings. The fourth-order valence-corrected chi connectivity index (χ4v) is 3.92. The maximum Gasteiger partial charge on any atom is 0.269 e. The van der Waals surface area contributed by atoms with Gasteiger partial charge < -0.3 is 20.1 Å². The summed E-state index contributed by atoms with van der Waals surface area (Å²) in [5.74, 6) is 0.486. The Morgan fingerprint density at radius 2 is 1.71 bits per heavy atom. The van der Waals surface area contributed by atoms with Crippen LogP contribution in [0.5, 0.6) is 11.5 Å². The van der Waals surface area contributed by atoms with Crippen molar-refractivity contribution in [2.24, 2.45) is 0 Å². The molecule has 176 valence electrons. The molecule has 0 aliphatic rings. The highest BCUT2D eigenvalue weighted by Crippen LogP contribution is 2.31. The van der Waals surface area contributed by atoms with Crippen LogP contribution in [-0.2, 0) is 4.79 Å². The molecule has 0 aliphatic carbocycles. The highest BCUT2D eigenvalue weighted by atomic mass is 32.2. The van der Waals surface area contributed by atoms with Gasteiger partial charge in [-0.15, -0.1) is 11.8 Å². The lowest BCUT2D eigenvalue weighted by atomic mass is 10.2. The van der Waals surface area contributed by atoms with E-state index in [-0.39, 0.29) is 11.6 Å². The van der Waals surface area contributed by atoms with Crippen molar-refractivity contribution >= 4 is 40.6 Å². The third kappa shape index (κ3) is 6.26. The summed E-state index contributed by atoms with van der Waals surface area (Å²) in [6.45, 7) is 1.77. The summed E-state index contributed by atoms with van der Waals surface area (Å²) in [4.78, 5) is 36.3. The van der Waals surface area contributed by atoms with Crippen LogP contribution in [0.3, 0.4) is 0 Å². The summed E-state index contributed by atoms with van der Waals surface area (Å²) in [5, 5.41) is 15.9. The van der Waals surface area contributed by atoms with Crippen LogP contribution in [0.2, 0.25) is 0 Å². The van der Waals surface area contributed by atoms with Gasteiger partial charge in [0.25, 0.3) is 11.6 Å². The van der Waals surface area contributed by atoms with Gasteiger partial charge >= 0.3 is 0 Å². The number of methoxy groups -OCH3 is 2. The van der Waals surface area contributed by atoms with E-state index in [0.717, 1.165) is 4.90 Å². The van der Waals surface area contributed by atoms with E-state index in [4.69, 9.17) is 9.47 Å². The molecule has 0 aliphatic heterocycles. The number of anilines is 2. The lowest BCUT2D eigenvalue weighted by Gasteiger charge is -2.15. The van der Waals surface area contributed by atoms with Crippen LogP contribution >= 0.6 is 11.8 Å². The molecular formula is C24H23N3O6S. The van der Waals surface area contributed by atoms with Gasteiger partial charge in [-0.1, -0.05) is 6.07 Å². The number of carbonyl (C=O) groups excluding carboxylic acids is 2. The number of nitro groups is 1. The molecule has 0 heterocycles. The molecule has 0 saturated carbocycles. The van der Waals surface area contributed by atoms with Gasteiger partial charge in [-0.2, -0.15) is 0 Å². The number of rotatable bonds is 9.